The number of pyridine rings is 1. The third-order valence-electron chi connectivity index (χ3n) is 4.63. The molecule has 0 radical (unpaired) electrons. The van der Waals surface area contributed by atoms with Crippen molar-refractivity contribution in [2.75, 3.05) is 0 Å². The minimum Gasteiger partial charge on any atom is -0.410 e. The number of halogens is 1. The van der Waals surface area contributed by atoms with Gasteiger partial charge in [0, 0.05) is 23.3 Å². The van der Waals surface area contributed by atoms with Crippen molar-refractivity contribution in [1.82, 2.24) is 14.4 Å². The number of hydrogen-bond acceptors (Lipinski definition) is 4. The molecule has 0 aromatic carbocycles. The fraction of sp³-hybridized carbons (Fsp3) is 0.412. The van der Waals surface area contributed by atoms with Gasteiger partial charge in [-0.1, -0.05) is 32.4 Å². The van der Waals surface area contributed by atoms with Crippen LogP contribution < -0.4 is 0 Å². The van der Waals surface area contributed by atoms with Gasteiger partial charge in [-0.2, -0.15) is 0 Å². The van der Waals surface area contributed by atoms with Gasteiger partial charge in [-0.25, -0.2) is 9.97 Å². The Morgan fingerprint density at radius 2 is 1.96 bits per heavy atom. The van der Waals surface area contributed by atoms with Crippen LogP contribution in [0, 0.1) is 0 Å². The molecule has 24 heavy (non-hydrogen) atoms. The fourth-order valence-corrected chi connectivity index (χ4v) is 4.02. The van der Waals surface area contributed by atoms with E-state index in [0.717, 1.165) is 21.9 Å². The zero-order chi connectivity index (χ0) is 17.5. The van der Waals surface area contributed by atoms with Crippen LogP contribution in [0.4, 0.5) is 0 Å². The summed E-state index contributed by atoms with van der Waals surface area (Å²) in [5.74, 6) is 0. The van der Waals surface area contributed by atoms with Gasteiger partial charge in [-0.3, -0.25) is 0 Å². The van der Waals surface area contributed by atoms with Crippen molar-refractivity contribution in [3.63, 3.8) is 0 Å². The van der Waals surface area contributed by atoms with Crippen molar-refractivity contribution in [3.8, 4) is 11.3 Å². The van der Waals surface area contributed by atoms with Crippen LogP contribution in [0.1, 0.15) is 25.8 Å². The molecule has 0 saturated heterocycles. The Labute approximate surface area is 152 Å². The Morgan fingerprint density at radius 3 is 2.67 bits per heavy atom. The lowest BCUT2D eigenvalue weighted by Gasteiger charge is -2.35. The van der Waals surface area contributed by atoms with Gasteiger partial charge in [0.25, 0.3) is 0 Å². The van der Waals surface area contributed by atoms with E-state index in [2.05, 4.69) is 44.2 Å². The molecule has 0 N–H and O–H groups in total. The zero-order valence-corrected chi connectivity index (χ0v) is 17.2. The Hall–Kier alpha value is -1.21. The third-order valence-corrected chi connectivity index (χ3v) is 10.1. The third kappa shape index (κ3) is 3.56. The van der Waals surface area contributed by atoms with Gasteiger partial charge in [0.2, 0.25) is 0 Å². The Kier molecular flexibility index (Phi) is 4.59. The highest BCUT2D eigenvalue weighted by Crippen LogP contribution is 2.37. The average Bonchev–Trinajstić information content (AvgIpc) is 3.08. The van der Waals surface area contributed by atoms with Gasteiger partial charge in [-0.05, 0) is 30.3 Å². The average molecular weight is 380 g/mol. The highest BCUT2D eigenvalue weighted by atomic mass is 35.5. The normalized spacial score (nSPS) is 12.9. The van der Waals surface area contributed by atoms with E-state index in [0.29, 0.717) is 11.8 Å². The van der Waals surface area contributed by atoms with Crippen molar-refractivity contribution in [2.24, 2.45) is 0 Å². The summed E-state index contributed by atoms with van der Waals surface area (Å²) in [6.07, 6.45) is 3.80. The Morgan fingerprint density at radius 1 is 1.21 bits per heavy atom. The van der Waals surface area contributed by atoms with Gasteiger partial charge in [0.05, 0.1) is 12.3 Å². The molecular formula is C17H22ClN3OSSi. The summed E-state index contributed by atoms with van der Waals surface area (Å²) >= 11 is 7.59. The second kappa shape index (κ2) is 6.26. The molecule has 0 aliphatic carbocycles. The number of aromatic nitrogens is 3. The predicted octanol–water partition coefficient (Wildman–Crippen LogP) is 5.63. The van der Waals surface area contributed by atoms with E-state index in [9.17, 15) is 0 Å². The van der Waals surface area contributed by atoms with Crippen LogP contribution in [-0.4, -0.2) is 22.7 Å². The van der Waals surface area contributed by atoms with E-state index in [-0.39, 0.29) is 5.04 Å². The lowest BCUT2D eigenvalue weighted by molar-refractivity contribution is 0.276. The summed E-state index contributed by atoms with van der Waals surface area (Å²) in [7, 11) is -1.75. The SMILES string of the molecule is CC(C)(C)[Si](C)(C)OCc1nc(-c2ccc3nc(Cl)cn3c2)cs1. The first kappa shape index (κ1) is 17.6. The van der Waals surface area contributed by atoms with Crippen LogP contribution in [-0.2, 0) is 11.0 Å². The van der Waals surface area contributed by atoms with Crippen molar-refractivity contribution in [3.05, 3.63) is 40.1 Å². The van der Waals surface area contributed by atoms with Gasteiger partial charge < -0.3 is 8.83 Å². The zero-order valence-electron chi connectivity index (χ0n) is 14.6. The Bertz CT molecular complexity index is 866. The number of hydrogen-bond donors (Lipinski definition) is 0. The van der Waals surface area contributed by atoms with Crippen molar-refractivity contribution in [1.29, 1.82) is 0 Å². The van der Waals surface area contributed by atoms with Crippen LogP contribution in [0.5, 0.6) is 0 Å². The minimum atomic E-state index is -1.75. The molecule has 0 atom stereocenters. The molecule has 128 valence electrons. The van der Waals surface area contributed by atoms with E-state index in [1.165, 1.54) is 0 Å². The highest BCUT2D eigenvalue weighted by Gasteiger charge is 2.37. The molecule has 0 unspecified atom stereocenters. The molecule has 3 heterocycles. The summed E-state index contributed by atoms with van der Waals surface area (Å²) in [4.78, 5) is 8.96. The van der Waals surface area contributed by atoms with Crippen LogP contribution in [0.25, 0.3) is 16.9 Å². The van der Waals surface area contributed by atoms with Crippen molar-refractivity contribution < 1.29 is 4.43 Å². The monoisotopic (exact) mass is 379 g/mol. The smallest absolute Gasteiger partial charge is 0.192 e. The molecule has 0 amide bonds. The number of rotatable bonds is 4. The molecular weight excluding hydrogens is 358 g/mol. The summed E-state index contributed by atoms with van der Waals surface area (Å²) in [5.41, 5.74) is 2.84. The molecule has 0 aliphatic heterocycles. The second-order valence-electron chi connectivity index (χ2n) is 7.42. The molecule has 4 nitrogen and oxygen atoms in total. The topological polar surface area (TPSA) is 39.4 Å². The van der Waals surface area contributed by atoms with Gasteiger partial charge in [-0.15, -0.1) is 11.3 Å². The van der Waals surface area contributed by atoms with E-state index < -0.39 is 8.32 Å². The number of nitrogens with zero attached hydrogens (tertiary/aromatic N) is 3. The maximum atomic E-state index is 6.26. The summed E-state index contributed by atoms with van der Waals surface area (Å²) in [5, 5.41) is 3.79. The lowest BCUT2D eigenvalue weighted by atomic mass is 10.2. The van der Waals surface area contributed by atoms with Crippen molar-refractivity contribution >= 4 is 36.9 Å². The van der Waals surface area contributed by atoms with Gasteiger partial charge in [0.15, 0.2) is 8.32 Å². The summed E-state index contributed by atoms with van der Waals surface area (Å²) < 4.78 is 8.18. The molecule has 3 aromatic rings. The summed E-state index contributed by atoms with van der Waals surface area (Å²) in [6.45, 7) is 11.9. The predicted molar refractivity (Wildman–Crippen MR) is 103 cm³/mol. The first-order valence-electron chi connectivity index (χ1n) is 7.89. The number of imidazole rings is 1. The van der Waals surface area contributed by atoms with Crippen LogP contribution >= 0.6 is 22.9 Å². The molecule has 0 spiro atoms. The molecule has 0 aliphatic rings. The number of fused-ring (bicyclic) bond motifs is 1. The largest absolute Gasteiger partial charge is 0.410 e. The van der Waals surface area contributed by atoms with E-state index >= 15 is 0 Å². The number of thiazole rings is 1. The minimum absolute atomic E-state index is 0.207. The van der Waals surface area contributed by atoms with Crippen molar-refractivity contribution in [2.45, 2.75) is 45.5 Å². The quantitative estimate of drug-likeness (QED) is 0.551. The van der Waals surface area contributed by atoms with Crippen LogP contribution in [0.15, 0.2) is 29.9 Å². The summed E-state index contributed by atoms with van der Waals surface area (Å²) in [6, 6.07) is 3.97. The second-order valence-corrected chi connectivity index (χ2v) is 13.6. The van der Waals surface area contributed by atoms with E-state index in [1.807, 2.05) is 22.7 Å². The first-order valence-corrected chi connectivity index (χ1v) is 12.1. The van der Waals surface area contributed by atoms with E-state index in [4.69, 9.17) is 21.0 Å². The first-order chi connectivity index (χ1) is 11.2. The van der Waals surface area contributed by atoms with Gasteiger partial charge >= 0.3 is 0 Å². The van der Waals surface area contributed by atoms with Crippen LogP contribution in [0.3, 0.4) is 0 Å². The van der Waals surface area contributed by atoms with Crippen LogP contribution in [0.2, 0.25) is 23.3 Å². The molecule has 7 heteroatoms. The molecule has 0 fully saturated rings. The molecule has 3 rings (SSSR count). The highest BCUT2D eigenvalue weighted by molar-refractivity contribution is 7.09. The molecule has 3 aromatic heterocycles. The maximum Gasteiger partial charge on any atom is 0.192 e. The van der Waals surface area contributed by atoms with Gasteiger partial charge in [0.1, 0.15) is 15.8 Å². The molecule has 0 saturated carbocycles. The maximum absolute atomic E-state index is 6.26. The Balaban J connectivity index is 1.77. The fourth-order valence-electron chi connectivity index (χ4n) is 2.08. The standard InChI is InChI=1S/C17H22ClN3OSSi/c1-17(2,3)24(4,5)22-10-16-19-13(11-23-16)12-6-7-15-20-14(18)9-21(15)8-12/h6-9,11H,10H2,1-5H3. The molecule has 0 bridgehead atoms. The lowest BCUT2D eigenvalue weighted by Crippen LogP contribution is -2.40. The van der Waals surface area contributed by atoms with E-state index in [1.54, 1.807) is 17.5 Å².